The number of benzene rings is 1. The number of nitrogens with one attached hydrogen (secondary N) is 1. The summed E-state index contributed by atoms with van der Waals surface area (Å²) in [5.74, 6) is 0.226. The molecule has 0 saturated heterocycles. The lowest BCUT2D eigenvalue weighted by Gasteiger charge is -2.20. The number of amides is 1. The first-order chi connectivity index (χ1) is 10.0. The number of halogens is 1. The van der Waals surface area contributed by atoms with Crippen LogP contribution in [0.15, 0.2) is 47.5 Å². The van der Waals surface area contributed by atoms with E-state index < -0.39 is 0 Å². The number of hydrogen-bond donors (Lipinski definition) is 2. The number of hydrogen-bond acceptors (Lipinski definition) is 2. The largest absolute Gasteiger partial charge is 0.370 e. The van der Waals surface area contributed by atoms with E-state index in [1.54, 1.807) is 4.90 Å². The van der Waals surface area contributed by atoms with Crippen LogP contribution in [0.5, 0.6) is 0 Å². The molecule has 0 heterocycles. The van der Waals surface area contributed by atoms with Gasteiger partial charge < -0.3 is 16.0 Å². The highest BCUT2D eigenvalue weighted by molar-refractivity contribution is 14.0. The Bertz CT molecular complexity index is 502. The Kier molecular flexibility index (Phi) is 10.3. The van der Waals surface area contributed by atoms with E-state index >= 15 is 0 Å². The van der Waals surface area contributed by atoms with Crippen molar-refractivity contribution in [1.82, 2.24) is 10.2 Å². The molecule has 0 aliphatic heterocycles. The Labute approximate surface area is 149 Å². The second-order valence-corrected chi connectivity index (χ2v) is 4.91. The maximum atomic E-state index is 12.1. The van der Waals surface area contributed by atoms with Crippen LogP contribution >= 0.6 is 24.0 Å². The zero-order chi connectivity index (χ0) is 15.7. The van der Waals surface area contributed by atoms with Crippen LogP contribution in [0.25, 0.3) is 0 Å². The third-order valence-electron chi connectivity index (χ3n) is 2.91. The number of rotatable bonds is 7. The second kappa shape index (κ2) is 11.1. The zero-order valence-electron chi connectivity index (χ0n) is 13.2. The normalized spacial score (nSPS) is 10.5. The maximum Gasteiger partial charge on any atom is 0.244 e. The Balaban J connectivity index is 0.00000441. The van der Waals surface area contributed by atoms with Gasteiger partial charge in [0.25, 0.3) is 0 Å². The quantitative estimate of drug-likeness (QED) is 0.310. The first-order valence-corrected chi connectivity index (χ1v) is 7.02. The number of carbonyl (C=O) groups is 1. The minimum absolute atomic E-state index is 0. The lowest BCUT2D eigenvalue weighted by molar-refractivity contribution is -0.130. The number of guanidine groups is 1. The molecular weight excluding hydrogens is 391 g/mol. The van der Waals surface area contributed by atoms with Crippen molar-refractivity contribution in [3.8, 4) is 0 Å². The molecule has 1 aromatic rings. The predicted molar refractivity (Wildman–Crippen MR) is 102 cm³/mol. The van der Waals surface area contributed by atoms with Gasteiger partial charge in [0.05, 0.1) is 0 Å². The predicted octanol–water partition coefficient (Wildman–Crippen LogP) is 2.13. The van der Waals surface area contributed by atoms with E-state index in [1.165, 1.54) is 0 Å². The van der Waals surface area contributed by atoms with Crippen LogP contribution in [0.2, 0.25) is 0 Å². The van der Waals surface area contributed by atoms with Gasteiger partial charge in [0.1, 0.15) is 6.54 Å². The molecule has 6 heteroatoms. The fourth-order valence-electron chi connectivity index (χ4n) is 1.73. The summed E-state index contributed by atoms with van der Waals surface area (Å²) in [6.45, 7) is 9.45. The van der Waals surface area contributed by atoms with Crippen LogP contribution < -0.4 is 11.1 Å². The van der Waals surface area contributed by atoms with Gasteiger partial charge in [0.15, 0.2) is 5.96 Å². The molecule has 0 aromatic heterocycles. The highest BCUT2D eigenvalue weighted by Gasteiger charge is 2.11. The molecule has 0 fully saturated rings. The molecular formula is C16H25IN4O. The van der Waals surface area contributed by atoms with Gasteiger partial charge in [-0.05, 0) is 19.4 Å². The molecule has 0 aliphatic rings. The molecule has 0 bridgehead atoms. The maximum absolute atomic E-state index is 12.1. The van der Waals surface area contributed by atoms with Gasteiger partial charge in [-0.3, -0.25) is 4.79 Å². The summed E-state index contributed by atoms with van der Waals surface area (Å²) in [4.78, 5) is 18.0. The molecule has 0 aliphatic carbocycles. The van der Waals surface area contributed by atoms with E-state index in [0.717, 1.165) is 11.1 Å². The molecule has 0 spiro atoms. The Morgan fingerprint density at radius 3 is 2.55 bits per heavy atom. The number of nitrogens with zero attached hydrogens (tertiary/aromatic N) is 2. The zero-order valence-corrected chi connectivity index (χ0v) is 15.5. The Morgan fingerprint density at radius 2 is 2.00 bits per heavy atom. The van der Waals surface area contributed by atoms with E-state index in [2.05, 4.69) is 16.9 Å². The van der Waals surface area contributed by atoms with Gasteiger partial charge in [-0.2, -0.15) is 0 Å². The van der Waals surface area contributed by atoms with Crippen molar-refractivity contribution < 1.29 is 4.79 Å². The molecule has 1 aromatic carbocycles. The van der Waals surface area contributed by atoms with E-state index in [9.17, 15) is 4.79 Å². The number of aliphatic imine (C=N–C) groups is 1. The van der Waals surface area contributed by atoms with Crippen LogP contribution in [0.4, 0.5) is 0 Å². The molecule has 1 rings (SSSR count). The van der Waals surface area contributed by atoms with E-state index in [4.69, 9.17) is 5.73 Å². The standard InChI is InChI=1S/C16H24N4O.HI/c1-4-20(12-14-8-6-5-7-9-14)15(21)11-19-16(17)18-10-13(2)3;/h5-9H,2,4,10-12H2,1,3H3,(H3,17,18,19);1H. The summed E-state index contributed by atoms with van der Waals surface area (Å²) in [6.07, 6.45) is 0. The van der Waals surface area contributed by atoms with Crippen LogP contribution in [0, 0.1) is 0 Å². The molecule has 5 nitrogen and oxygen atoms in total. The Morgan fingerprint density at radius 1 is 1.36 bits per heavy atom. The van der Waals surface area contributed by atoms with Crippen LogP contribution in [0.1, 0.15) is 19.4 Å². The van der Waals surface area contributed by atoms with Crippen molar-refractivity contribution in [2.45, 2.75) is 20.4 Å². The van der Waals surface area contributed by atoms with Gasteiger partial charge in [0.2, 0.25) is 5.91 Å². The van der Waals surface area contributed by atoms with Crippen molar-refractivity contribution >= 4 is 35.8 Å². The SMILES string of the molecule is C=C(C)CNC(N)=NCC(=O)N(CC)Cc1ccccc1.I. The third-order valence-corrected chi connectivity index (χ3v) is 2.91. The van der Waals surface area contributed by atoms with Crippen molar-refractivity contribution in [3.05, 3.63) is 48.0 Å². The van der Waals surface area contributed by atoms with Crippen LogP contribution in [-0.2, 0) is 11.3 Å². The van der Waals surface area contributed by atoms with Gasteiger partial charge >= 0.3 is 0 Å². The Hall–Kier alpha value is -1.57. The van der Waals surface area contributed by atoms with Crippen LogP contribution in [0.3, 0.4) is 0 Å². The summed E-state index contributed by atoms with van der Waals surface area (Å²) in [5, 5.41) is 2.90. The van der Waals surface area contributed by atoms with Gasteiger partial charge in [-0.1, -0.05) is 42.5 Å². The third kappa shape index (κ3) is 8.02. The van der Waals surface area contributed by atoms with Gasteiger partial charge in [-0.25, -0.2) is 4.99 Å². The minimum Gasteiger partial charge on any atom is -0.370 e. The number of nitrogens with two attached hydrogens (primary N) is 1. The van der Waals surface area contributed by atoms with Gasteiger partial charge in [-0.15, -0.1) is 24.0 Å². The van der Waals surface area contributed by atoms with E-state index in [1.807, 2.05) is 44.2 Å². The number of likely N-dealkylation sites (N-methyl/N-ethyl adjacent to an activating group) is 1. The number of carbonyl (C=O) groups excluding carboxylic acids is 1. The first-order valence-electron chi connectivity index (χ1n) is 7.02. The molecule has 0 saturated carbocycles. The molecule has 1 amide bonds. The van der Waals surface area contributed by atoms with E-state index in [-0.39, 0.29) is 42.4 Å². The van der Waals surface area contributed by atoms with Crippen molar-refractivity contribution in [2.75, 3.05) is 19.6 Å². The molecule has 22 heavy (non-hydrogen) atoms. The molecule has 122 valence electrons. The minimum atomic E-state index is -0.0403. The summed E-state index contributed by atoms with van der Waals surface area (Å²) in [5.41, 5.74) is 7.75. The van der Waals surface area contributed by atoms with Crippen LogP contribution in [-0.4, -0.2) is 36.4 Å². The van der Waals surface area contributed by atoms with Gasteiger partial charge in [0, 0.05) is 19.6 Å². The fourth-order valence-corrected chi connectivity index (χ4v) is 1.73. The lowest BCUT2D eigenvalue weighted by atomic mass is 10.2. The van der Waals surface area contributed by atoms with Crippen molar-refractivity contribution in [1.29, 1.82) is 0 Å². The summed E-state index contributed by atoms with van der Waals surface area (Å²) < 4.78 is 0. The molecule has 0 radical (unpaired) electrons. The highest BCUT2D eigenvalue weighted by atomic mass is 127. The monoisotopic (exact) mass is 416 g/mol. The summed E-state index contributed by atoms with van der Waals surface area (Å²) in [6, 6.07) is 9.89. The topological polar surface area (TPSA) is 70.7 Å². The molecule has 3 N–H and O–H groups in total. The smallest absolute Gasteiger partial charge is 0.244 e. The lowest BCUT2D eigenvalue weighted by Crippen LogP contribution is -2.36. The summed E-state index contributed by atoms with van der Waals surface area (Å²) in [7, 11) is 0. The average Bonchev–Trinajstić information content (AvgIpc) is 2.49. The van der Waals surface area contributed by atoms with Crippen molar-refractivity contribution in [3.63, 3.8) is 0 Å². The first kappa shape index (κ1) is 20.4. The van der Waals surface area contributed by atoms with Crippen molar-refractivity contribution in [2.24, 2.45) is 10.7 Å². The highest BCUT2D eigenvalue weighted by Crippen LogP contribution is 2.04. The summed E-state index contributed by atoms with van der Waals surface area (Å²) >= 11 is 0. The fraction of sp³-hybridized carbons (Fsp3) is 0.375. The molecule has 0 unspecified atom stereocenters. The molecule has 0 atom stereocenters. The van der Waals surface area contributed by atoms with E-state index in [0.29, 0.717) is 19.6 Å². The average molecular weight is 416 g/mol. The second-order valence-electron chi connectivity index (χ2n) is 4.91.